The van der Waals surface area contributed by atoms with Gasteiger partial charge in [0, 0.05) is 24.3 Å². The maximum Gasteiger partial charge on any atom is 0.271 e. The van der Waals surface area contributed by atoms with Gasteiger partial charge in [0.05, 0.1) is 0 Å². The lowest BCUT2D eigenvalue weighted by Gasteiger charge is -2.33. The van der Waals surface area contributed by atoms with Crippen LogP contribution in [0.4, 0.5) is 5.69 Å². The Morgan fingerprint density at radius 1 is 1.15 bits per heavy atom. The number of amides is 1. The Morgan fingerprint density at radius 3 is 2.54 bits per heavy atom. The minimum atomic E-state index is -3.62. The lowest BCUT2D eigenvalue weighted by Crippen LogP contribution is -2.39. The standard InChI is InChI=1S/C19H24N2O3S2/c1-14-8-10-17(11-9-14)21(2)19(22)15-5-3-6-16(13-15)20-26(23,24)18-7-4-12-25-18/h3-7,12-14,17,20H,8-11H2,1-2H3. The molecular weight excluding hydrogens is 368 g/mol. The maximum absolute atomic E-state index is 12.8. The molecule has 1 saturated carbocycles. The molecule has 5 nitrogen and oxygen atoms in total. The first-order valence-electron chi connectivity index (χ1n) is 8.80. The molecule has 3 rings (SSSR count). The second-order valence-corrected chi connectivity index (χ2v) is 9.81. The molecule has 1 fully saturated rings. The number of thiophene rings is 1. The molecular formula is C19H24N2O3S2. The van der Waals surface area contributed by atoms with E-state index in [0.717, 1.165) is 42.9 Å². The van der Waals surface area contributed by atoms with Crippen LogP contribution in [0.1, 0.15) is 43.0 Å². The fourth-order valence-electron chi connectivity index (χ4n) is 3.34. The minimum absolute atomic E-state index is 0.0678. The summed E-state index contributed by atoms with van der Waals surface area (Å²) in [7, 11) is -1.78. The molecule has 1 aromatic carbocycles. The van der Waals surface area contributed by atoms with Crippen LogP contribution in [0, 0.1) is 5.92 Å². The SMILES string of the molecule is CC1CCC(N(C)C(=O)c2cccc(NS(=O)(=O)c3cccs3)c2)CC1. The highest BCUT2D eigenvalue weighted by molar-refractivity contribution is 7.94. The molecule has 7 heteroatoms. The third-order valence-electron chi connectivity index (χ3n) is 4.98. The zero-order chi connectivity index (χ0) is 18.7. The van der Waals surface area contributed by atoms with Crippen molar-refractivity contribution in [3.63, 3.8) is 0 Å². The van der Waals surface area contributed by atoms with Gasteiger partial charge in [-0.05, 0) is 61.2 Å². The number of hydrogen-bond acceptors (Lipinski definition) is 4. The van der Waals surface area contributed by atoms with E-state index >= 15 is 0 Å². The van der Waals surface area contributed by atoms with Gasteiger partial charge >= 0.3 is 0 Å². The first-order chi connectivity index (χ1) is 12.4. The summed E-state index contributed by atoms with van der Waals surface area (Å²) in [5, 5.41) is 1.72. The van der Waals surface area contributed by atoms with Gasteiger partial charge in [0.25, 0.3) is 15.9 Å². The van der Waals surface area contributed by atoms with E-state index in [4.69, 9.17) is 0 Å². The van der Waals surface area contributed by atoms with E-state index in [-0.39, 0.29) is 16.2 Å². The van der Waals surface area contributed by atoms with Gasteiger partial charge in [0.1, 0.15) is 4.21 Å². The van der Waals surface area contributed by atoms with Gasteiger partial charge in [0.15, 0.2) is 0 Å². The molecule has 0 aliphatic heterocycles. The van der Waals surface area contributed by atoms with Gasteiger partial charge in [0.2, 0.25) is 0 Å². The lowest BCUT2D eigenvalue weighted by molar-refractivity contribution is 0.0679. The number of benzene rings is 1. The molecule has 0 saturated heterocycles. The van der Waals surface area contributed by atoms with E-state index in [2.05, 4.69) is 11.6 Å². The highest BCUT2D eigenvalue weighted by atomic mass is 32.2. The number of sulfonamides is 1. The van der Waals surface area contributed by atoms with Crippen molar-refractivity contribution in [3.8, 4) is 0 Å². The molecule has 0 spiro atoms. The van der Waals surface area contributed by atoms with Gasteiger partial charge in [-0.2, -0.15) is 0 Å². The minimum Gasteiger partial charge on any atom is -0.339 e. The summed E-state index contributed by atoms with van der Waals surface area (Å²) in [6.45, 7) is 2.25. The molecule has 2 aromatic rings. The smallest absolute Gasteiger partial charge is 0.271 e. The summed E-state index contributed by atoms with van der Waals surface area (Å²) in [4.78, 5) is 14.6. The summed E-state index contributed by atoms with van der Waals surface area (Å²) in [6.07, 6.45) is 4.33. The number of carbonyl (C=O) groups is 1. The monoisotopic (exact) mass is 392 g/mol. The van der Waals surface area contributed by atoms with Crippen LogP contribution in [0.25, 0.3) is 0 Å². The molecule has 0 atom stereocenters. The van der Waals surface area contributed by atoms with Crippen LogP contribution in [0.15, 0.2) is 46.0 Å². The predicted octanol–water partition coefficient (Wildman–Crippen LogP) is 4.20. The average Bonchev–Trinajstić information content (AvgIpc) is 3.17. The highest BCUT2D eigenvalue weighted by Crippen LogP contribution is 2.28. The van der Waals surface area contributed by atoms with Gasteiger partial charge in [-0.15, -0.1) is 11.3 Å². The van der Waals surface area contributed by atoms with Crippen molar-refractivity contribution in [2.75, 3.05) is 11.8 Å². The Kier molecular flexibility index (Phi) is 5.67. The topological polar surface area (TPSA) is 66.5 Å². The Labute approximate surface area is 159 Å². The van der Waals surface area contributed by atoms with Gasteiger partial charge < -0.3 is 4.90 Å². The number of anilines is 1. The molecule has 1 heterocycles. The number of hydrogen-bond donors (Lipinski definition) is 1. The molecule has 0 unspecified atom stereocenters. The summed E-state index contributed by atoms with van der Waals surface area (Å²) >= 11 is 1.16. The van der Waals surface area contributed by atoms with Crippen molar-refractivity contribution in [3.05, 3.63) is 47.3 Å². The molecule has 0 bridgehead atoms. The molecule has 1 aliphatic rings. The quantitative estimate of drug-likeness (QED) is 0.829. The second-order valence-electron chi connectivity index (χ2n) is 6.95. The van der Waals surface area contributed by atoms with Crippen molar-refractivity contribution in [2.45, 2.75) is 42.9 Å². The van der Waals surface area contributed by atoms with Crippen LogP contribution in [-0.4, -0.2) is 32.3 Å². The van der Waals surface area contributed by atoms with Crippen LogP contribution >= 0.6 is 11.3 Å². The summed E-state index contributed by atoms with van der Waals surface area (Å²) in [5.74, 6) is 0.659. The van der Waals surface area contributed by atoms with E-state index in [1.807, 2.05) is 7.05 Å². The fraction of sp³-hybridized carbons (Fsp3) is 0.421. The zero-order valence-electron chi connectivity index (χ0n) is 15.0. The Hall–Kier alpha value is -1.86. The number of carbonyl (C=O) groups excluding carboxylic acids is 1. The predicted molar refractivity (Wildman–Crippen MR) is 105 cm³/mol. The zero-order valence-corrected chi connectivity index (χ0v) is 16.6. The summed E-state index contributed by atoms with van der Waals surface area (Å²) in [5.41, 5.74) is 0.896. The van der Waals surface area contributed by atoms with Crippen molar-refractivity contribution in [2.24, 2.45) is 5.92 Å². The van der Waals surface area contributed by atoms with E-state index in [1.165, 1.54) is 0 Å². The molecule has 0 radical (unpaired) electrons. The Bertz CT molecular complexity index is 855. The average molecular weight is 393 g/mol. The van der Waals surface area contributed by atoms with Crippen LogP contribution < -0.4 is 4.72 Å². The van der Waals surface area contributed by atoms with Gasteiger partial charge in [-0.25, -0.2) is 8.42 Å². The van der Waals surface area contributed by atoms with E-state index in [9.17, 15) is 13.2 Å². The van der Waals surface area contributed by atoms with Gasteiger partial charge in [-0.1, -0.05) is 19.1 Å². The van der Waals surface area contributed by atoms with Crippen molar-refractivity contribution in [1.29, 1.82) is 0 Å². The van der Waals surface area contributed by atoms with Gasteiger partial charge in [-0.3, -0.25) is 9.52 Å². The Morgan fingerprint density at radius 2 is 1.88 bits per heavy atom. The molecule has 1 aliphatic carbocycles. The summed E-state index contributed by atoms with van der Waals surface area (Å²) in [6, 6.07) is 10.2. The first kappa shape index (κ1) is 18.9. The Balaban J connectivity index is 1.73. The molecule has 1 N–H and O–H groups in total. The molecule has 26 heavy (non-hydrogen) atoms. The van der Waals surface area contributed by atoms with Crippen molar-refractivity contribution >= 4 is 33.0 Å². The largest absolute Gasteiger partial charge is 0.339 e. The van der Waals surface area contributed by atoms with Crippen molar-refractivity contribution in [1.82, 2.24) is 4.90 Å². The van der Waals surface area contributed by atoms with E-state index in [1.54, 1.807) is 46.7 Å². The van der Waals surface area contributed by atoms with Crippen LogP contribution in [0.2, 0.25) is 0 Å². The molecule has 140 valence electrons. The van der Waals surface area contributed by atoms with E-state index in [0.29, 0.717) is 11.3 Å². The van der Waals surface area contributed by atoms with Crippen LogP contribution in [0.5, 0.6) is 0 Å². The normalized spacial score (nSPS) is 20.5. The fourth-order valence-corrected chi connectivity index (χ4v) is 5.38. The molecule has 1 aromatic heterocycles. The van der Waals surface area contributed by atoms with Crippen molar-refractivity contribution < 1.29 is 13.2 Å². The lowest BCUT2D eigenvalue weighted by atomic mass is 9.86. The maximum atomic E-state index is 12.8. The third-order valence-corrected chi connectivity index (χ3v) is 7.75. The number of rotatable bonds is 5. The third kappa shape index (κ3) is 4.27. The van der Waals surface area contributed by atoms with Crippen LogP contribution in [0.3, 0.4) is 0 Å². The first-order valence-corrected chi connectivity index (χ1v) is 11.2. The highest BCUT2D eigenvalue weighted by Gasteiger charge is 2.25. The molecule has 1 amide bonds. The van der Waals surface area contributed by atoms with Crippen LogP contribution in [-0.2, 0) is 10.0 Å². The number of nitrogens with one attached hydrogen (secondary N) is 1. The number of nitrogens with zero attached hydrogens (tertiary/aromatic N) is 1. The second kappa shape index (κ2) is 7.80. The van der Waals surface area contributed by atoms with E-state index < -0.39 is 10.0 Å². The summed E-state index contributed by atoms with van der Waals surface area (Å²) < 4.78 is 27.5.